The van der Waals surface area contributed by atoms with Gasteiger partial charge in [-0.05, 0) is 19.1 Å². The van der Waals surface area contributed by atoms with Crippen LogP contribution in [-0.2, 0) is 4.79 Å². The lowest BCUT2D eigenvalue weighted by Gasteiger charge is -2.29. The molecule has 0 aromatic heterocycles. The Hall–Kier alpha value is -2.30. The number of ether oxygens (including phenoxy) is 2. The summed E-state index contributed by atoms with van der Waals surface area (Å²) in [6, 6.07) is 3.22. The Morgan fingerprint density at radius 2 is 2.32 bits per heavy atom. The summed E-state index contributed by atoms with van der Waals surface area (Å²) < 4.78 is 10.9. The van der Waals surface area contributed by atoms with Gasteiger partial charge in [0.25, 0.3) is 5.91 Å². The molecule has 100 valence electrons. The predicted octanol–water partition coefficient (Wildman–Crippen LogP) is 1.81. The molecule has 0 saturated carbocycles. The van der Waals surface area contributed by atoms with Crippen LogP contribution in [0.2, 0.25) is 0 Å². The minimum atomic E-state index is -0.169. The van der Waals surface area contributed by atoms with Gasteiger partial charge in [0, 0.05) is 12.1 Å². The summed E-state index contributed by atoms with van der Waals surface area (Å²) in [5, 5.41) is 0. The van der Waals surface area contributed by atoms with E-state index in [4.69, 9.17) is 9.47 Å². The number of benzene rings is 1. The highest BCUT2D eigenvalue weighted by Crippen LogP contribution is 2.41. The van der Waals surface area contributed by atoms with E-state index in [1.165, 1.54) is 4.90 Å². The Bertz CT molecular complexity index is 524. The second-order valence-electron chi connectivity index (χ2n) is 4.00. The lowest BCUT2D eigenvalue weighted by molar-refractivity contribution is -0.121. The number of hydrogen-bond acceptors (Lipinski definition) is 4. The van der Waals surface area contributed by atoms with Crippen LogP contribution in [0.3, 0.4) is 0 Å². The maximum Gasteiger partial charge on any atom is 0.265 e. The number of rotatable bonds is 5. The monoisotopic (exact) mass is 261 g/mol. The van der Waals surface area contributed by atoms with Crippen LogP contribution in [-0.4, -0.2) is 32.0 Å². The standard InChI is InChI=1S/C14H15NO4/c1-3-5-15-11-6-10(8-16)7-12(18-4-2)14(11)19-9-13(15)17/h3,6-8H,1,4-5,9H2,2H3. The fraction of sp³-hybridized carbons (Fsp3) is 0.286. The third kappa shape index (κ3) is 2.45. The number of fused-ring (bicyclic) bond motifs is 1. The largest absolute Gasteiger partial charge is 0.490 e. The maximum atomic E-state index is 11.8. The summed E-state index contributed by atoms with van der Waals surface area (Å²) in [6.07, 6.45) is 2.34. The van der Waals surface area contributed by atoms with Crippen molar-refractivity contribution in [2.75, 3.05) is 24.7 Å². The average Bonchev–Trinajstić information content (AvgIpc) is 2.42. The van der Waals surface area contributed by atoms with Crippen molar-refractivity contribution in [3.05, 3.63) is 30.4 Å². The van der Waals surface area contributed by atoms with Crippen molar-refractivity contribution in [1.82, 2.24) is 0 Å². The molecule has 5 heteroatoms. The smallest absolute Gasteiger partial charge is 0.265 e. The number of nitrogens with zero attached hydrogens (tertiary/aromatic N) is 1. The molecule has 2 rings (SSSR count). The van der Waals surface area contributed by atoms with Crippen molar-refractivity contribution in [2.24, 2.45) is 0 Å². The molecular formula is C14H15NO4. The molecule has 1 aromatic rings. The Labute approximate surface area is 111 Å². The van der Waals surface area contributed by atoms with Crippen LogP contribution < -0.4 is 14.4 Å². The summed E-state index contributed by atoms with van der Waals surface area (Å²) in [5.74, 6) is 0.801. The highest BCUT2D eigenvalue weighted by molar-refractivity contribution is 6.00. The van der Waals surface area contributed by atoms with Gasteiger partial charge in [0.15, 0.2) is 18.1 Å². The minimum Gasteiger partial charge on any atom is -0.490 e. The molecule has 0 atom stereocenters. The normalized spacial score (nSPS) is 13.5. The summed E-state index contributed by atoms with van der Waals surface area (Å²) >= 11 is 0. The number of anilines is 1. The van der Waals surface area contributed by atoms with Crippen molar-refractivity contribution in [3.63, 3.8) is 0 Å². The first-order valence-corrected chi connectivity index (χ1v) is 6.01. The lowest BCUT2D eigenvalue weighted by Crippen LogP contribution is -2.39. The quantitative estimate of drug-likeness (QED) is 0.599. The Kier molecular flexibility index (Phi) is 3.85. The third-order valence-corrected chi connectivity index (χ3v) is 2.74. The zero-order valence-electron chi connectivity index (χ0n) is 10.7. The van der Waals surface area contributed by atoms with E-state index >= 15 is 0 Å². The summed E-state index contributed by atoms with van der Waals surface area (Å²) in [7, 11) is 0. The van der Waals surface area contributed by atoms with Gasteiger partial charge in [-0.2, -0.15) is 0 Å². The van der Waals surface area contributed by atoms with E-state index in [2.05, 4.69) is 6.58 Å². The van der Waals surface area contributed by atoms with Crippen LogP contribution >= 0.6 is 0 Å². The molecule has 1 amide bonds. The first-order valence-electron chi connectivity index (χ1n) is 6.01. The van der Waals surface area contributed by atoms with Crippen molar-refractivity contribution < 1.29 is 19.1 Å². The van der Waals surface area contributed by atoms with Gasteiger partial charge in [-0.15, -0.1) is 6.58 Å². The van der Waals surface area contributed by atoms with Crippen LogP contribution in [0.4, 0.5) is 5.69 Å². The molecule has 0 fully saturated rings. The highest BCUT2D eigenvalue weighted by Gasteiger charge is 2.28. The van der Waals surface area contributed by atoms with Crippen molar-refractivity contribution in [3.8, 4) is 11.5 Å². The van der Waals surface area contributed by atoms with E-state index in [1.54, 1.807) is 18.2 Å². The fourth-order valence-corrected chi connectivity index (χ4v) is 1.96. The van der Waals surface area contributed by atoms with Crippen LogP contribution in [0.5, 0.6) is 11.5 Å². The van der Waals surface area contributed by atoms with E-state index < -0.39 is 0 Å². The summed E-state index contributed by atoms with van der Waals surface area (Å²) in [5.41, 5.74) is 0.985. The zero-order valence-corrected chi connectivity index (χ0v) is 10.7. The van der Waals surface area contributed by atoms with Gasteiger partial charge in [-0.1, -0.05) is 6.08 Å². The Balaban J connectivity index is 2.55. The van der Waals surface area contributed by atoms with Crippen LogP contribution in [0.15, 0.2) is 24.8 Å². The number of aldehydes is 1. The molecular weight excluding hydrogens is 246 g/mol. The Morgan fingerprint density at radius 3 is 2.95 bits per heavy atom. The van der Waals surface area contributed by atoms with E-state index in [1.807, 2.05) is 6.92 Å². The summed E-state index contributed by atoms with van der Waals surface area (Å²) in [4.78, 5) is 24.3. The molecule has 0 radical (unpaired) electrons. The second-order valence-corrected chi connectivity index (χ2v) is 4.00. The van der Waals surface area contributed by atoms with Crippen LogP contribution in [0.25, 0.3) is 0 Å². The molecule has 0 N–H and O–H groups in total. The number of amides is 1. The molecule has 1 aliphatic rings. The maximum absolute atomic E-state index is 11.8. The molecule has 5 nitrogen and oxygen atoms in total. The van der Waals surface area contributed by atoms with Gasteiger partial charge in [0.2, 0.25) is 0 Å². The first-order chi connectivity index (χ1) is 9.21. The van der Waals surface area contributed by atoms with Crippen molar-refractivity contribution >= 4 is 17.9 Å². The zero-order chi connectivity index (χ0) is 13.8. The number of carbonyl (C=O) groups excluding carboxylic acids is 2. The van der Waals surface area contributed by atoms with Gasteiger partial charge < -0.3 is 14.4 Å². The lowest BCUT2D eigenvalue weighted by atomic mass is 10.1. The molecule has 0 spiro atoms. The van der Waals surface area contributed by atoms with Gasteiger partial charge in [0.1, 0.15) is 6.29 Å². The van der Waals surface area contributed by atoms with E-state index in [-0.39, 0.29) is 12.5 Å². The first kappa shape index (κ1) is 13.1. The Morgan fingerprint density at radius 1 is 1.53 bits per heavy atom. The number of hydrogen-bond donors (Lipinski definition) is 0. The van der Waals surface area contributed by atoms with Gasteiger partial charge >= 0.3 is 0 Å². The molecule has 19 heavy (non-hydrogen) atoms. The van der Waals surface area contributed by atoms with Crippen LogP contribution in [0.1, 0.15) is 17.3 Å². The third-order valence-electron chi connectivity index (χ3n) is 2.74. The molecule has 0 aliphatic carbocycles. The fourth-order valence-electron chi connectivity index (χ4n) is 1.96. The van der Waals surface area contributed by atoms with Crippen molar-refractivity contribution in [2.45, 2.75) is 6.92 Å². The highest BCUT2D eigenvalue weighted by atomic mass is 16.5. The summed E-state index contributed by atoms with van der Waals surface area (Å²) in [6.45, 7) is 6.25. The van der Waals surface area contributed by atoms with E-state index in [0.717, 1.165) is 0 Å². The minimum absolute atomic E-state index is 0.0403. The van der Waals surface area contributed by atoms with Gasteiger partial charge in [0.05, 0.1) is 12.3 Å². The molecule has 1 aromatic carbocycles. The van der Waals surface area contributed by atoms with Gasteiger partial charge in [-0.3, -0.25) is 9.59 Å². The topological polar surface area (TPSA) is 55.8 Å². The van der Waals surface area contributed by atoms with Crippen LogP contribution in [0, 0.1) is 0 Å². The average molecular weight is 261 g/mol. The van der Waals surface area contributed by atoms with Crippen molar-refractivity contribution in [1.29, 1.82) is 0 Å². The predicted molar refractivity (Wildman–Crippen MR) is 71.0 cm³/mol. The number of carbonyl (C=O) groups is 2. The molecule has 0 unspecified atom stereocenters. The van der Waals surface area contributed by atoms with E-state index in [0.29, 0.717) is 42.2 Å². The SMILES string of the molecule is C=CCN1C(=O)COc2c(OCC)cc(C=O)cc21. The molecule has 0 saturated heterocycles. The molecule has 1 heterocycles. The van der Waals surface area contributed by atoms with Gasteiger partial charge in [-0.25, -0.2) is 0 Å². The molecule has 0 bridgehead atoms. The van der Waals surface area contributed by atoms with E-state index in [9.17, 15) is 9.59 Å². The molecule has 1 aliphatic heterocycles. The second kappa shape index (κ2) is 5.56.